The Morgan fingerprint density at radius 3 is 2.64 bits per heavy atom. The number of carbonyl (C=O) groups is 2. The summed E-state index contributed by atoms with van der Waals surface area (Å²) in [6.45, 7) is 0.898. The lowest BCUT2D eigenvalue weighted by molar-refractivity contribution is -0.129. The van der Waals surface area contributed by atoms with Crippen molar-refractivity contribution in [2.75, 3.05) is 18.0 Å². The predicted molar refractivity (Wildman–Crippen MR) is 74.3 cm³/mol. The fourth-order valence-electron chi connectivity index (χ4n) is 3.35. The number of benzene rings is 1. The number of halogens is 2. The first-order valence-corrected chi connectivity index (χ1v) is 7.36. The highest BCUT2D eigenvalue weighted by Crippen LogP contribution is 2.42. The number of hydrogen-bond acceptors (Lipinski definition) is 3. The molecule has 1 aromatic rings. The summed E-state index contributed by atoms with van der Waals surface area (Å²) in [4.78, 5) is 27.4. The topological polar surface area (TPSA) is 52.7 Å². The number of amides is 3. The van der Waals surface area contributed by atoms with E-state index in [1.54, 1.807) is 4.90 Å². The van der Waals surface area contributed by atoms with Gasteiger partial charge in [-0.1, -0.05) is 0 Å². The molecule has 2 aliphatic heterocycles. The lowest BCUT2D eigenvalue weighted by Gasteiger charge is -2.23. The standard InChI is InChI=1S/C15H15F2N3O2/c16-9-1-2-12(11(17)7-9)19-6-3-10(8-19)20-13(21)15(4-5-15)18-14(20)22/h1-2,7,10H,3-6,8H2,(H,18,22). The molecule has 1 N–H and O–H groups in total. The molecule has 0 bridgehead atoms. The number of imide groups is 1. The highest BCUT2D eigenvalue weighted by Gasteiger charge is 2.61. The van der Waals surface area contributed by atoms with Gasteiger partial charge in [-0.3, -0.25) is 9.69 Å². The SMILES string of the molecule is O=C1NC2(CC2)C(=O)N1C1CCN(c2ccc(F)cc2F)C1. The fraction of sp³-hybridized carbons (Fsp3) is 0.467. The van der Waals surface area contributed by atoms with Gasteiger partial charge in [0, 0.05) is 19.2 Å². The Hall–Kier alpha value is -2.18. The van der Waals surface area contributed by atoms with E-state index in [0.29, 0.717) is 38.0 Å². The molecule has 1 aliphatic carbocycles. The number of urea groups is 1. The monoisotopic (exact) mass is 307 g/mol. The molecule has 1 unspecified atom stereocenters. The highest BCUT2D eigenvalue weighted by molar-refractivity contribution is 6.09. The molecular weight excluding hydrogens is 292 g/mol. The van der Waals surface area contributed by atoms with E-state index >= 15 is 0 Å². The second kappa shape index (κ2) is 4.41. The quantitative estimate of drug-likeness (QED) is 0.845. The molecule has 3 amide bonds. The molecule has 4 rings (SSSR count). The van der Waals surface area contributed by atoms with E-state index in [-0.39, 0.29) is 18.0 Å². The van der Waals surface area contributed by atoms with Gasteiger partial charge in [-0.05, 0) is 31.4 Å². The van der Waals surface area contributed by atoms with Crippen LogP contribution in [0.3, 0.4) is 0 Å². The van der Waals surface area contributed by atoms with Crippen LogP contribution in [0.15, 0.2) is 18.2 Å². The third-order valence-electron chi connectivity index (χ3n) is 4.72. The minimum Gasteiger partial charge on any atom is -0.367 e. The molecule has 116 valence electrons. The van der Waals surface area contributed by atoms with E-state index < -0.39 is 17.2 Å². The van der Waals surface area contributed by atoms with Gasteiger partial charge in [0.25, 0.3) is 5.91 Å². The van der Waals surface area contributed by atoms with Gasteiger partial charge < -0.3 is 10.2 Å². The second-order valence-electron chi connectivity index (χ2n) is 6.17. The van der Waals surface area contributed by atoms with E-state index in [0.717, 1.165) is 6.07 Å². The average Bonchev–Trinajstić information content (AvgIpc) is 3.00. The lowest BCUT2D eigenvalue weighted by atomic mass is 10.2. The van der Waals surface area contributed by atoms with Gasteiger partial charge in [-0.15, -0.1) is 0 Å². The minimum absolute atomic E-state index is 0.163. The van der Waals surface area contributed by atoms with Crippen molar-refractivity contribution in [1.82, 2.24) is 10.2 Å². The molecular formula is C15H15F2N3O2. The largest absolute Gasteiger partial charge is 0.367 e. The predicted octanol–water partition coefficient (Wildman–Crippen LogP) is 1.63. The number of nitrogens with one attached hydrogen (secondary N) is 1. The first kappa shape index (κ1) is 13.5. The Bertz CT molecular complexity index is 675. The number of anilines is 1. The first-order chi connectivity index (χ1) is 10.5. The van der Waals surface area contributed by atoms with Crippen LogP contribution in [-0.4, -0.2) is 41.5 Å². The fourth-order valence-corrected chi connectivity index (χ4v) is 3.35. The maximum absolute atomic E-state index is 13.9. The summed E-state index contributed by atoms with van der Waals surface area (Å²) in [5, 5.41) is 2.75. The zero-order valence-electron chi connectivity index (χ0n) is 11.8. The van der Waals surface area contributed by atoms with Crippen LogP contribution in [0.1, 0.15) is 19.3 Å². The summed E-state index contributed by atoms with van der Waals surface area (Å²) in [6.07, 6.45) is 1.97. The Morgan fingerprint density at radius 2 is 2.00 bits per heavy atom. The van der Waals surface area contributed by atoms with Gasteiger partial charge in [0.05, 0.1) is 11.7 Å². The Morgan fingerprint density at radius 1 is 1.23 bits per heavy atom. The number of nitrogens with zero attached hydrogens (tertiary/aromatic N) is 2. The minimum atomic E-state index is -0.661. The Balaban J connectivity index is 1.53. The number of rotatable bonds is 2. The molecule has 2 saturated heterocycles. The van der Waals surface area contributed by atoms with Crippen molar-refractivity contribution in [3.8, 4) is 0 Å². The van der Waals surface area contributed by atoms with Crippen molar-refractivity contribution in [1.29, 1.82) is 0 Å². The van der Waals surface area contributed by atoms with Crippen molar-refractivity contribution in [2.45, 2.75) is 30.8 Å². The van der Waals surface area contributed by atoms with Gasteiger partial charge in [-0.25, -0.2) is 13.6 Å². The van der Waals surface area contributed by atoms with Gasteiger partial charge >= 0.3 is 6.03 Å². The van der Waals surface area contributed by atoms with Gasteiger partial charge in [0.1, 0.15) is 17.2 Å². The van der Waals surface area contributed by atoms with Crippen molar-refractivity contribution in [2.24, 2.45) is 0 Å². The van der Waals surface area contributed by atoms with Crippen LogP contribution >= 0.6 is 0 Å². The molecule has 2 heterocycles. The van der Waals surface area contributed by atoms with Crippen LogP contribution in [0.4, 0.5) is 19.3 Å². The molecule has 5 nitrogen and oxygen atoms in total. The summed E-state index contributed by atoms with van der Waals surface area (Å²) in [6, 6.07) is 2.82. The van der Waals surface area contributed by atoms with Crippen molar-refractivity contribution >= 4 is 17.6 Å². The summed E-state index contributed by atoms with van der Waals surface area (Å²) >= 11 is 0. The second-order valence-corrected chi connectivity index (χ2v) is 6.17. The van der Waals surface area contributed by atoms with E-state index in [9.17, 15) is 18.4 Å². The summed E-state index contributed by atoms with van der Waals surface area (Å²) in [5.41, 5.74) is -0.358. The van der Waals surface area contributed by atoms with Crippen LogP contribution < -0.4 is 10.2 Å². The van der Waals surface area contributed by atoms with Gasteiger partial charge in [0.15, 0.2) is 0 Å². The Kier molecular flexibility index (Phi) is 2.70. The van der Waals surface area contributed by atoms with E-state index in [1.165, 1.54) is 17.0 Å². The van der Waals surface area contributed by atoms with E-state index in [2.05, 4.69) is 5.32 Å². The summed E-state index contributed by atoms with van der Waals surface area (Å²) in [7, 11) is 0. The van der Waals surface area contributed by atoms with Crippen molar-refractivity contribution in [3.63, 3.8) is 0 Å². The maximum Gasteiger partial charge on any atom is 0.325 e. The Labute approximate surface area is 125 Å². The van der Waals surface area contributed by atoms with Crippen molar-refractivity contribution in [3.05, 3.63) is 29.8 Å². The van der Waals surface area contributed by atoms with Gasteiger partial charge in [-0.2, -0.15) is 0 Å². The van der Waals surface area contributed by atoms with Crippen LogP contribution in [0, 0.1) is 11.6 Å². The summed E-state index contributed by atoms with van der Waals surface area (Å²) in [5.74, 6) is -1.41. The molecule has 3 aliphatic rings. The van der Waals surface area contributed by atoms with Crippen LogP contribution in [-0.2, 0) is 4.79 Å². The molecule has 1 atom stereocenters. The third-order valence-corrected chi connectivity index (χ3v) is 4.72. The first-order valence-electron chi connectivity index (χ1n) is 7.36. The molecule has 7 heteroatoms. The van der Waals surface area contributed by atoms with Crippen LogP contribution in [0.2, 0.25) is 0 Å². The average molecular weight is 307 g/mol. The zero-order valence-corrected chi connectivity index (χ0v) is 11.8. The van der Waals surface area contributed by atoms with E-state index in [4.69, 9.17) is 0 Å². The third kappa shape index (κ3) is 1.88. The van der Waals surface area contributed by atoms with Crippen LogP contribution in [0.5, 0.6) is 0 Å². The van der Waals surface area contributed by atoms with Crippen LogP contribution in [0.25, 0.3) is 0 Å². The van der Waals surface area contributed by atoms with E-state index in [1.807, 2.05) is 0 Å². The van der Waals surface area contributed by atoms with Crippen molar-refractivity contribution < 1.29 is 18.4 Å². The molecule has 0 aromatic heterocycles. The molecule has 0 radical (unpaired) electrons. The molecule has 1 saturated carbocycles. The van der Waals surface area contributed by atoms with Gasteiger partial charge in [0.2, 0.25) is 0 Å². The molecule has 1 spiro atoms. The zero-order chi connectivity index (χ0) is 15.5. The molecule has 3 fully saturated rings. The number of carbonyl (C=O) groups excluding carboxylic acids is 2. The number of hydrogen-bond donors (Lipinski definition) is 1. The smallest absolute Gasteiger partial charge is 0.325 e. The normalized spacial score (nSPS) is 26.0. The summed E-state index contributed by atoms with van der Waals surface area (Å²) < 4.78 is 26.8. The molecule has 22 heavy (non-hydrogen) atoms. The molecule has 1 aromatic carbocycles. The maximum atomic E-state index is 13.9. The highest BCUT2D eigenvalue weighted by atomic mass is 19.1. The lowest BCUT2D eigenvalue weighted by Crippen LogP contribution is -2.42.